The van der Waals surface area contributed by atoms with E-state index in [-0.39, 0.29) is 17.9 Å². The SMILES string of the molecule is CC(C)CN1CCOC(CNC(=O)c2cccc(NC(=O)CCCc3cccs3)c2)C1. The Morgan fingerprint density at radius 3 is 2.90 bits per heavy atom. The van der Waals surface area contributed by atoms with E-state index in [9.17, 15) is 9.59 Å². The second-order valence-electron chi connectivity index (χ2n) is 8.42. The summed E-state index contributed by atoms with van der Waals surface area (Å²) in [4.78, 5) is 28.5. The van der Waals surface area contributed by atoms with E-state index in [0.717, 1.165) is 32.5 Å². The molecule has 2 amide bonds. The number of hydrogen-bond acceptors (Lipinski definition) is 5. The number of amides is 2. The Kier molecular flexibility index (Phi) is 9.06. The van der Waals surface area contributed by atoms with Crippen LogP contribution in [-0.4, -0.2) is 55.6 Å². The first-order valence-electron chi connectivity index (χ1n) is 11.0. The van der Waals surface area contributed by atoms with Crippen molar-refractivity contribution < 1.29 is 14.3 Å². The molecule has 0 spiro atoms. The van der Waals surface area contributed by atoms with Gasteiger partial charge in [-0.2, -0.15) is 0 Å². The number of ether oxygens (including phenoxy) is 1. The predicted molar refractivity (Wildman–Crippen MR) is 126 cm³/mol. The van der Waals surface area contributed by atoms with Crippen molar-refractivity contribution in [3.05, 3.63) is 52.2 Å². The lowest BCUT2D eigenvalue weighted by Gasteiger charge is -2.33. The number of carbonyl (C=O) groups is 2. The van der Waals surface area contributed by atoms with Gasteiger partial charge in [0.25, 0.3) is 5.91 Å². The van der Waals surface area contributed by atoms with Crippen molar-refractivity contribution in [1.29, 1.82) is 0 Å². The van der Waals surface area contributed by atoms with Crippen LogP contribution in [0.5, 0.6) is 0 Å². The Morgan fingerprint density at radius 1 is 1.26 bits per heavy atom. The summed E-state index contributed by atoms with van der Waals surface area (Å²) < 4.78 is 5.80. The first-order valence-corrected chi connectivity index (χ1v) is 11.9. The molecular weight excluding hydrogens is 410 g/mol. The number of aryl methyl sites for hydroxylation is 1. The van der Waals surface area contributed by atoms with Gasteiger partial charge in [0.1, 0.15) is 0 Å². The molecule has 0 radical (unpaired) electrons. The lowest BCUT2D eigenvalue weighted by atomic mass is 10.1. The Hall–Kier alpha value is -2.22. The zero-order valence-corrected chi connectivity index (χ0v) is 19.2. The van der Waals surface area contributed by atoms with Crippen molar-refractivity contribution >= 4 is 28.8 Å². The molecule has 1 aromatic carbocycles. The predicted octanol–water partition coefficient (Wildman–Crippen LogP) is 3.80. The fourth-order valence-electron chi connectivity index (χ4n) is 3.73. The highest BCUT2D eigenvalue weighted by Gasteiger charge is 2.21. The number of nitrogens with one attached hydrogen (secondary N) is 2. The molecule has 1 unspecified atom stereocenters. The highest BCUT2D eigenvalue weighted by Crippen LogP contribution is 2.14. The molecule has 2 heterocycles. The summed E-state index contributed by atoms with van der Waals surface area (Å²) in [5, 5.41) is 7.92. The topological polar surface area (TPSA) is 70.7 Å². The second kappa shape index (κ2) is 12.0. The zero-order chi connectivity index (χ0) is 22.1. The first-order chi connectivity index (χ1) is 15.0. The van der Waals surface area contributed by atoms with Crippen molar-refractivity contribution in [2.45, 2.75) is 39.2 Å². The molecule has 1 saturated heterocycles. The second-order valence-corrected chi connectivity index (χ2v) is 9.45. The van der Waals surface area contributed by atoms with Crippen molar-refractivity contribution in [3.63, 3.8) is 0 Å². The van der Waals surface area contributed by atoms with Crippen molar-refractivity contribution in [2.24, 2.45) is 5.92 Å². The lowest BCUT2D eigenvalue weighted by Crippen LogP contribution is -2.48. The molecule has 3 rings (SSSR count). The number of rotatable bonds is 10. The van der Waals surface area contributed by atoms with Crippen LogP contribution in [0.4, 0.5) is 5.69 Å². The van der Waals surface area contributed by atoms with Crippen LogP contribution < -0.4 is 10.6 Å². The Labute approximate surface area is 189 Å². The van der Waals surface area contributed by atoms with Crippen LogP contribution in [0.15, 0.2) is 41.8 Å². The maximum absolute atomic E-state index is 12.6. The quantitative estimate of drug-likeness (QED) is 0.586. The van der Waals surface area contributed by atoms with Crippen LogP contribution in [0.3, 0.4) is 0 Å². The average Bonchev–Trinajstić information content (AvgIpc) is 3.25. The van der Waals surface area contributed by atoms with E-state index in [2.05, 4.69) is 35.4 Å². The van der Waals surface area contributed by atoms with Gasteiger partial charge in [0.15, 0.2) is 0 Å². The fraction of sp³-hybridized carbons (Fsp3) is 0.500. The number of morpholine rings is 1. The maximum Gasteiger partial charge on any atom is 0.251 e. The van der Waals surface area contributed by atoms with Gasteiger partial charge in [-0.25, -0.2) is 0 Å². The highest BCUT2D eigenvalue weighted by atomic mass is 32.1. The van der Waals surface area contributed by atoms with Crippen LogP contribution in [0.2, 0.25) is 0 Å². The standard InChI is InChI=1S/C24H33N3O3S/c1-18(2)16-27-11-12-30-21(17-27)15-25-24(29)19-6-3-7-20(14-19)26-23(28)10-4-8-22-9-5-13-31-22/h3,5-7,9,13-14,18,21H,4,8,10-12,15-17H2,1-2H3,(H,25,29)(H,26,28). The van der Waals surface area contributed by atoms with Crippen LogP contribution >= 0.6 is 11.3 Å². The molecule has 2 aromatic rings. The lowest BCUT2D eigenvalue weighted by molar-refractivity contribution is -0.116. The van der Waals surface area contributed by atoms with E-state index >= 15 is 0 Å². The number of thiophene rings is 1. The molecule has 6 nitrogen and oxygen atoms in total. The molecule has 1 aliphatic heterocycles. The maximum atomic E-state index is 12.6. The smallest absolute Gasteiger partial charge is 0.251 e. The average molecular weight is 444 g/mol. The van der Waals surface area contributed by atoms with Crippen LogP contribution in [0.1, 0.15) is 41.9 Å². The zero-order valence-electron chi connectivity index (χ0n) is 18.4. The molecule has 2 N–H and O–H groups in total. The third-order valence-electron chi connectivity index (χ3n) is 5.15. The molecule has 31 heavy (non-hydrogen) atoms. The number of anilines is 1. The number of hydrogen-bond donors (Lipinski definition) is 2. The Morgan fingerprint density at radius 2 is 2.13 bits per heavy atom. The van der Waals surface area contributed by atoms with Gasteiger partial charge in [0, 0.05) is 48.7 Å². The molecule has 168 valence electrons. The van der Waals surface area contributed by atoms with Crippen molar-refractivity contribution in [1.82, 2.24) is 10.2 Å². The minimum Gasteiger partial charge on any atom is -0.374 e. The van der Waals surface area contributed by atoms with Crippen LogP contribution in [0, 0.1) is 5.92 Å². The summed E-state index contributed by atoms with van der Waals surface area (Å²) in [7, 11) is 0. The number of benzene rings is 1. The largest absolute Gasteiger partial charge is 0.374 e. The van der Waals surface area contributed by atoms with Gasteiger partial charge < -0.3 is 15.4 Å². The Bertz CT molecular complexity index is 838. The number of carbonyl (C=O) groups excluding carboxylic acids is 2. The van der Waals surface area contributed by atoms with Gasteiger partial charge in [-0.05, 0) is 48.4 Å². The van der Waals surface area contributed by atoms with E-state index in [1.807, 2.05) is 17.5 Å². The molecular formula is C24H33N3O3S. The van der Waals surface area contributed by atoms with E-state index in [1.165, 1.54) is 4.88 Å². The van der Waals surface area contributed by atoms with Gasteiger partial charge in [0.05, 0.1) is 12.7 Å². The summed E-state index contributed by atoms with van der Waals surface area (Å²) in [6, 6.07) is 11.2. The fourth-order valence-corrected chi connectivity index (χ4v) is 4.49. The van der Waals surface area contributed by atoms with Gasteiger partial charge in [-0.1, -0.05) is 26.0 Å². The molecule has 0 bridgehead atoms. The summed E-state index contributed by atoms with van der Waals surface area (Å²) in [6.07, 6.45) is 2.18. The summed E-state index contributed by atoms with van der Waals surface area (Å²) in [5.41, 5.74) is 1.18. The van der Waals surface area contributed by atoms with Crippen molar-refractivity contribution in [2.75, 3.05) is 38.1 Å². The molecule has 0 aliphatic carbocycles. The van der Waals surface area contributed by atoms with E-state index in [0.29, 0.717) is 36.7 Å². The van der Waals surface area contributed by atoms with Gasteiger partial charge in [0.2, 0.25) is 5.91 Å². The molecule has 1 atom stereocenters. The molecule has 1 fully saturated rings. The summed E-state index contributed by atoms with van der Waals surface area (Å²) in [5.74, 6) is 0.426. The number of nitrogens with zero attached hydrogens (tertiary/aromatic N) is 1. The van der Waals surface area contributed by atoms with Crippen molar-refractivity contribution in [3.8, 4) is 0 Å². The summed E-state index contributed by atoms with van der Waals surface area (Å²) >= 11 is 1.71. The van der Waals surface area contributed by atoms with E-state index in [1.54, 1.807) is 29.5 Å². The molecule has 0 saturated carbocycles. The third-order valence-corrected chi connectivity index (χ3v) is 6.09. The van der Waals surface area contributed by atoms with E-state index < -0.39 is 0 Å². The minimum atomic E-state index is -0.154. The van der Waals surface area contributed by atoms with Gasteiger partial charge in [-0.3, -0.25) is 14.5 Å². The minimum absolute atomic E-state index is 0.00248. The highest BCUT2D eigenvalue weighted by molar-refractivity contribution is 7.09. The monoisotopic (exact) mass is 443 g/mol. The molecule has 7 heteroatoms. The van der Waals surface area contributed by atoms with Crippen LogP contribution in [0.25, 0.3) is 0 Å². The molecule has 1 aromatic heterocycles. The summed E-state index contributed by atoms with van der Waals surface area (Å²) in [6.45, 7) is 8.41. The van der Waals surface area contributed by atoms with Gasteiger partial charge >= 0.3 is 0 Å². The van der Waals surface area contributed by atoms with E-state index in [4.69, 9.17) is 4.74 Å². The Balaban J connectivity index is 1.43. The van der Waals surface area contributed by atoms with Crippen LogP contribution in [-0.2, 0) is 16.0 Å². The first kappa shape index (κ1) is 23.4. The normalized spacial score (nSPS) is 16.9. The third kappa shape index (κ3) is 8.09. The molecule has 1 aliphatic rings. The van der Waals surface area contributed by atoms with Gasteiger partial charge in [-0.15, -0.1) is 11.3 Å².